The molecule has 1 N–H and O–H groups in total. The van der Waals surface area contributed by atoms with Crippen LogP contribution in [0.5, 0.6) is 5.88 Å². The van der Waals surface area contributed by atoms with Crippen LogP contribution in [0.4, 0.5) is 13.2 Å². The Kier molecular flexibility index (Phi) is 9.46. The first-order valence-electron chi connectivity index (χ1n) is 10.7. The van der Waals surface area contributed by atoms with E-state index in [0.717, 1.165) is 32.5 Å². The van der Waals surface area contributed by atoms with Gasteiger partial charge in [0.1, 0.15) is 6.07 Å². The average molecular weight is 471 g/mol. The zero-order valence-electron chi connectivity index (χ0n) is 18.5. The van der Waals surface area contributed by atoms with Gasteiger partial charge in [-0.25, -0.2) is 9.78 Å². The monoisotopic (exact) mass is 471 g/mol. The largest absolute Gasteiger partial charge is 0.490 e. The van der Waals surface area contributed by atoms with Crippen molar-refractivity contribution < 1.29 is 37.3 Å². The molecule has 182 valence electrons. The molecule has 0 spiro atoms. The molecule has 2 aliphatic rings. The van der Waals surface area contributed by atoms with E-state index in [9.17, 15) is 18.0 Å². The molecule has 0 radical (unpaired) electrons. The first kappa shape index (κ1) is 26.4. The summed E-state index contributed by atoms with van der Waals surface area (Å²) in [7, 11) is 0. The zero-order valence-corrected chi connectivity index (χ0v) is 18.5. The van der Waals surface area contributed by atoms with Crippen molar-refractivity contribution in [3.63, 3.8) is 0 Å². The van der Waals surface area contributed by atoms with E-state index in [0.29, 0.717) is 42.2 Å². The van der Waals surface area contributed by atoms with Gasteiger partial charge in [0.25, 0.3) is 0 Å². The lowest BCUT2D eigenvalue weighted by Gasteiger charge is -2.20. The van der Waals surface area contributed by atoms with E-state index in [4.69, 9.17) is 24.6 Å². The number of nitrogens with zero attached hydrogens (tertiary/aromatic N) is 3. The molecule has 0 aliphatic carbocycles. The number of carbonyl (C=O) groups is 2. The lowest BCUT2D eigenvalue weighted by atomic mass is 9.91. The van der Waals surface area contributed by atoms with Crippen molar-refractivity contribution >= 4 is 11.9 Å². The number of pyridine rings is 1. The zero-order chi connectivity index (χ0) is 24.6. The van der Waals surface area contributed by atoms with E-state index in [1.165, 1.54) is 6.20 Å². The van der Waals surface area contributed by atoms with Crippen LogP contribution < -0.4 is 4.74 Å². The second-order valence-corrected chi connectivity index (χ2v) is 8.46. The normalized spacial score (nSPS) is 21.7. The number of hydrogen-bond acceptors (Lipinski definition) is 6. The number of carboxylic acids is 1. The second-order valence-electron chi connectivity index (χ2n) is 8.46. The van der Waals surface area contributed by atoms with Crippen molar-refractivity contribution in [1.29, 1.82) is 5.26 Å². The van der Waals surface area contributed by atoms with Crippen molar-refractivity contribution in [2.24, 2.45) is 17.8 Å². The van der Waals surface area contributed by atoms with Crippen molar-refractivity contribution in [3.05, 3.63) is 23.9 Å². The van der Waals surface area contributed by atoms with Gasteiger partial charge in [0, 0.05) is 37.7 Å². The molecule has 0 aromatic carbocycles. The van der Waals surface area contributed by atoms with Crippen LogP contribution in [0.1, 0.15) is 38.7 Å². The molecular formula is C22H28F3N3O5. The molecule has 3 heterocycles. The topological polar surface area (TPSA) is 113 Å². The molecule has 2 fully saturated rings. The fourth-order valence-electron chi connectivity index (χ4n) is 3.72. The fraction of sp³-hybridized carbons (Fsp3) is 0.636. The maximum absolute atomic E-state index is 12.4. The standard InChI is InChI=1S/C20H27N3O3.C2HF3O2/c1-14(2)3-6-20(24)23-11-17-16(13-26-18(17)12-23)7-8-25-19-5-4-15(9-21)10-22-19;3-2(4,5)1(6)7/h4-5,10,14,16-18H,3,6-8,11-13H2,1-2H3;(H,6,7)/t16-,17-,18-;/m0./s1. The Morgan fingerprint density at radius 3 is 2.61 bits per heavy atom. The minimum Gasteiger partial charge on any atom is -0.478 e. The van der Waals surface area contributed by atoms with E-state index in [1.807, 2.05) is 11.0 Å². The number of fused-ring (bicyclic) bond motifs is 1. The highest BCUT2D eigenvalue weighted by atomic mass is 19.4. The van der Waals surface area contributed by atoms with Crippen LogP contribution in [-0.4, -0.2) is 65.5 Å². The van der Waals surface area contributed by atoms with E-state index < -0.39 is 12.1 Å². The molecule has 0 saturated carbocycles. The van der Waals surface area contributed by atoms with E-state index in [1.54, 1.807) is 12.1 Å². The van der Waals surface area contributed by atoms with Crippen LogP contribution in [0.25, 0.3) is 0 Å². The van der Waals surface area contributed by atoms with Gasteiger partial charge in [-0.05, 0) is 30.7 Å². The van der Waals surface area contributed by atoms with Crippen molar-refractivity contribution in [3.8, 4) is 11.9 Å². The van der Waals surface area contributed by atoms with Gasteiger partial charge in [0.15, 0.2) is 0 Å². The molecule has 2 aliphatic heterocycles. The summed E-state index contributed by atoms with van der Waals surface area (Å²) in [6, 6.07) is 5.46. The number of ether oxygens (including phenoxy) is 2. The number of aliphatic carboxylic acids is 1. The summed E-state index contributed by atoms with van der Waals surface area (Å²) in [5.41, 5.74) is 0.526. The van der Waals surface area contributed by atoms with Gasteiger partial charge < -0.3 is 19.5 Å². The highest BCUT2D eigenvalue weighted by Crippen LogP contribution is 2.36. The number of likely N-dealkylation sites (tertiary alicyclic amines) is 1. The number of hydrogen-bond donors (Lipinski definition) is 1. The number of carbonyl (C=O) groups excluding carboxylic acids is 1. The van der Waals surface area contributed by atoms with Crippen molar-refractivity contribution in [2.75, 3.05) is 26.3 Å². The Labute approximate surface area is 190 Å². The maximum Gasteiger partial charge on any atom is 0.490 e. The molecule has 2 saturated heterocycles. The van der Waals surface area contributed by atoms with Gasteiger partial charge in [0.2, 0.25) is 11.8 Å². The van der Waals surface area contributed by atoms with E-state index in [2.05, 4.69) is 18.8 Å². The second kappa shape index (κ2) is 11.8. The summed E-state index contributed by atoms with van der Waals surface area (Å²) in [6.07, 6.45) is -0.926. The Hall–Kier alpha value is -2.87. The number of nitriles is 1. The predicted molar refractivity (Wildman–Crippen MR) is 110 cm³/mol. The van der Waals surface area contributed by atoms with Crippen molar-refractivity contribution in [2.45, 2.75) is 45.4 Å². The summed E-state index contributed by atoms with van der Waals surface area (Å²) >= 11 is 0. The molecule has 1 aromatic rings. The highest BCUT2D eigenvalue weighted by molar-refractivity contribution is 5.76. The fourth-order valence-corrected chi connectivity index (χ4v) is 3.72. The van der Waals surface area contributed by atoms with Gasteiger partial charge in [-0.15, -0.1) is 0 Å². The molecule has 1 aromatic heterocycles. The molecular weight excluding hydrogens is 443 g/mol. The summed E-state index contributed by atoms with van der Waals surface area (Å²) in [5.74, 6) is -0.577. The van der Waals surface area contributed by atoms with Gasteiger partial charge >= 0.3 is 12.1 Å². The molecule has 0 unspecified atom stereocenters. The Balaban J connectivity index is 0.000000479. The smallest absolute Gasteiger partial charge is 0.478 e. The lowest BCUT2D eigenvalue weighted by molar-refractivity contribution is -0.192. The molecule has 11 heteroatoms. The minimum atomic E-state index is -5.08. The maximum atomic E-state index is 12.4. The van der Waals surface area contributed by atoms with E-state index in [-0.39, 0.29) is 12.0 Å². The third kappa shape index (κ3) is 8.20. The first-order valence-corrected chi connectivity index (χ1v) is 10.7. The molecule has 0 bridgehead atoms. The third-order valence-electron chi connectivity index (χ3n) is 5.57. The number of alkyl halides is 3. The Morgan fingerprint density at radius 1 is 1.36 bits per heavy atom. The van der Waals surface area contributed by atoms with Crippen LogP contribution in [0.2, 0.25) is 0 Å². The predicted octanol–water partition coefficient (Wildman–Crippen LogP) is 3.27. The summed E-state index contributed by atoms with van der Waals surface area (Å²) in [5, 5.41) is 15.9. The number of amides is 1. The summed E-state index contributed by atoms with van der Waals surface area (Å²) in [6.45, 7) is 7.14. The molecule has 3 rings (SSSR count). The van der Waals surface area contributed by atoms with Gasteiger partial charge in [-0.1, -0.05) is 13.8 Å². The lowest BCUT2D eigenvalue weighted by Crippen LogP contribution is -2.31. The number of carboxylic acid groups (broad SMARTS) is 1. The van der Waals surface area contributed by atoms with Crippen molar-refractivity contribution in [1.82, 2.24) is 9.88 Å². The van der Waals surface area contributed by atoms with Crippen LogP contribution in [-0.2, 0) is 14.3 Å². The van der Waals surface area contributed by atoms with Crippen LogP contribution in [0.3, 0.4) is 0 Å². The van der Waals surface area contributed by atoms with Gasteiger partial charge in [-0.3, -0.25) is 4.79 Å². The quantitative estimate of drug-likeness (QED) is 0.649. The van der Waals surface area contributed by atoms with Gasteiger partial charge in [0.05, 0.1) is 24.9 Å². The molecule has 3 atom stereocenters. The molecule has 33 heavy (non-hydrogen) atoms. The molecule has 8 nitrogen and oxygen atoms in total. The van der Waals surface area contributed by atoms with Crippen LogP contribution in [0, 0.1) is 29.1 Å². The summed E-state index contributed by atoms with van der Waals surface area (Å²) in [4.78, 5) is 27.3. The first-order chi connectivity index (χ1) is 15.5. The summed E-state index contributed by atoms with van der Waals surface area (Å²) < 4.78 is 43.4. The van der Waals surface area contributed by atoms with Gasteiger partial charge in [-0.2, -0.15) is 18.4 Å². The minimum absolute atomic E-state index is 0.177. The number of halogens is 3. The van der Waals surface area contributed by atoms with Crippen LogP contribution in [0.15, 0.2) is 18.3 Å². The third-order valence-corrected chi connectivity index (χ3v) is 5.57. The number of rotatable bonds is 7. The SMILES string of the molecule is CC(C)CCC(=O)N1C[C@H]2[C@@H](CCOc3ccc(C#N)cn3)CO[C@H]2C1.O=C(O)C(F)(F)F. The van der Waals surface area contributed by atoms with E-state index >= 15 is 0 Å². The Morgan fingerprint density at radius 2 is 2.06 bits per heavy atom. The highest BCUT2D eigenvalue weighted by Gasteiger charge is 2.44. The number of aromatic nitrogens is 1. The average Bonchev–Trinajstić information content (AvgIpc) is 3.34. The molecule has 1 amide bonds. The Bertz CT molecular complexity index is 839. The van der Waals surface area contributed by atoms with Crippen LogP contribution >= 0.6 is 0 Å².